The summed E-state index contributed by atoms with van der Waals surface area (Å²) in [5, 5.41) is 0.937. The molecule has 0 atom stereocenters. The van der Waals surface area contributed by atoms with Crippen molar-refractivity contribution in [2.24, 2.45) is 0 Å². The molecule has 180 valence electrons. The minimum absolute atomic E-state index is 0.121. The number of pyridine rings is 1. The van der Waals surface area contributed by atoms with Gasteiger partial charge in [0.15, 0.2) is 11.5 Å². The maximum atomic E-state index is 13.7. The van der Waals surface area contributed by atoms with Crippen LogP contribution in [-0.2, 0) is 4.74 Å². The van der Waals surface area contributed by atoms with E-state index in [1.54, 1.807) is 25.4 Å². The van der Waals surface area contributed by atoms with Crippen molar-refractivity contribution >= 4 is 22.4 Å². The highest BCUT2D eigenvalue weighted by Crippen LogP contribution is 2.33. The molecule has 0 spiro atoms. The SMILES string of the molecule is COc1cc2c(C(=O)N3CCC(OC)CC3)cn(-c3cccc(N(C)C)c3)c(=O)c2cc1OC. The molecule has 8 nitrogen and oxygen atoms in total. The summed E-state index contributed by atoms with van der Waals surface area (Å²) in [4.78, 5) is 31.1. The van der Waals surface area contributed by atoms with E-state index in [-0.39, 0.29) is 17.6 Å². The first kappa shape index (κ1) is 23.6. The molecule has 0 saturated carbocycles. The summed E-state index contributed by atoms with van der Waals surface area (Å²) < 4.78 is 17.9. The average molecular weight is 466 g/mol. The number of piperidine rings is 1. The summed E-state index contributed by atoms with van der Waals surface area (Å²) in [6.45, 7) is 1.20. The van der Waals surface area contributed by atoms with Crippen molar-refractivity contribution in [3.05, 3.63) is 58.5 Å². The molecule has 1 aliphatic rings. The minimum Gasteiger partial charge on any atom is -0.493 e. The summed E-state index contributed by atoms with van der Waals surface area (Å²) in [6.07, 6.45) is 3.37. The van der Waals surface area contributed by atoms with Gasteiger partial charge in [0, 0.05) is 51.6 Å². The Morgan fingerprint density at radius 3 is 2.21 bits per heavy atom. The van der Waals surface area contributed by atoms with Gasteiger partial charge >= 0.3 is 0 Å². The molecule has 0 radical (unpaired) electrons. The molecule has 1 amide bonds. The van der Waals surface area contributed by atoms with Gasteiger partial charge in [-0.3, -0.25) is 14.2 Å². The quantitative estimate of drug-likeness (QED) is 0.556. The summed E-state index contributed by atoms with van der Waals surface area (Å²) in [7, 11) is 8.65. The fourth-order valence-corrected chi connectivity index (χ4v) is 4.41. The van der Waals surface area contributed by atoms with E-state index in [1.165, 1.54) is 18.8 Å². The van der Waals surface area contributed by atoms with Crippen molar-refractivity contribution in [3.8, 4) is 17.2 Å². The van der Waals surface area contributed by atoms with Gasteiger partial charge in [-0.1, -0.05) is 6.07 Å². The highest BCUT2D eigenvalue weighted by Gasteiger charge is 2.26. The summed E-state index contributed by atoms with van der Waals surface area (Å²) in [6, 6.07) is 11.0. The molecule has 1 saturated heterocycles. The van der Waals surface area contributed by atoms with Crippen LogP contribution in [0, 0.1) is 0 Å². The van der Waals surface area contributed by atoms with Crippen LogP contribution in [0.15, 0.2) is 47.4 Å². The highest BCUT2D eigenvalue weighted by atomic mass is 16.5. The van der Waals surface area contributed by atoms with Gasteiger partial charge in [0.1, 0.15) is 0 Å². The molecular formula is C26H31N3O5. The lowest BCUT2D eigenvalue weighted by Gasteiger charge is -2.31. The molecule has 1 fully saturated rings. The number of methoxy groups -OCH3 is 3. The first-order chi connectivity index (χ1) is 16.4. The molecule has 2 heterocycles. The molecule has 1 aliphatic heterocycles. The molecule has 8 heteroatoms. The lowest BCUT2D eigenvalue weighted by molar-refractivity contribution is 0.0351. The second-order valence-corrected chi connectivity index (χ2v) is 8.61. The molecule has 0 aliphatic carbocycles. The van der Waals surface area contributed by atoms with Gasteiger partial charge in [0.05, 0.1) is 37.0 Å². The topological polar surface area (TPSA) is 73.2 Å². The number of likely N-dealkylation sites (tertiary alicyclic amines) is 1. The van der Waals surface area contributed by atoms with E-state index in [4.69, 9.17) is 14.2 Å². The Labute approximate surface area is 199 Å². The maximum Gasteiger partial charge on any atom is 0.263 e. The lowest BCUT2D eigenvalue weighted by atomic mass is 10.0. The fourth-order valence-electron chi connectivity index (χ4n) is 4.41. The summed E-state index contributed by atoms with van der Waals surface area (Å²) >= 11 is 0. The average Bonchev–Trinajstić information content (AvgIpc) is 2.88. The van der Waals surface area contributed by atoms with E-state index < -0.39 is 0 Å². The smallest absolute Gasteiger partial charge is 0.263 e. The number of anilines is 1. The monoisotopic (exact) mass is 465 g/mol. The maximum absolute atomic E-state index is 13.7. The summed E-state index contributed by atoms with van der Waals surface area (Å²) in [5.74, 6) is 0.782. The van der Waals surface area contributed by atoms with Gasteiger partial charge < -0.3 is 24.0 Å². The van der Waals surface area contributed by atoms with E-state index >= 15 is 0 Å². The van der Waals surface area contributed by atoms with Crippen LogP contribution in [0.25, 0.3) is 16.5 Å². The zero-order valence-corrected chi connectivity index (χ0v) is 20.3. The number of fused-ring (bicyclic) bond motifs is 1. The van der Waals surface area contributed by atoms with Crippen molar-refractivity contribution < 1.29 is 19.0 Å². The minimum atomic E-state index is -0.235. The Bertz CT molecular complexity index is 1260. The number of nitrogens with zero attached hydrogens (tertiary/aromatic N) is 3. The third kappa shape index (κ3) is 4.33. The molecule has 0 N–H and O–H groups in total. The van der Waals surface area contributed by atoms with Crippen LogP contribution in [0.1, 0.15) is 23.2 Å². The van der Waals surface area contributed by atoms with Crippen LogP contribution in [0.2, 0.25) is 0 Å². The Balaban J connectivity index is 1.92. The molecule has 0 bridgehead atoms. The third-order valence-electron chi connectivity index (χ3n) is 6.44. The number of benzene rings is 2. The van der Waals surface area contributed by atoms with E-state index in [9.17, 15) is 9.59 Å². The van der Waals surface area contributed by atoms with Gasteiger partial charge in [0.25, 0.3) is 11.5 Å². The molecule has 4 rings (SSSR count). The predicted molar refractivity (Wildman–Crippen MR) is 133 cm³/mol. The Kier molecular flexibility index (Phi) is 6.79. The molecule has 34 heavy (non-hydrogen) atoms. The zero-order valence-electron chi connectivity index (χ0n) is 20.3. The normalized spacial score (nSPS) is 14.3. The van der Waals surface area contributed by atoms with Crippen LogP contribution < -0.4 is 19.9 Å². The van der Waals surface area contributed by atoms with Gasteiger partial charge in [-0.05, 0) is 43.2 Å². The predicted octanol–water partition coefficient (Wildman–Crippen LogP) is 3.32. The van der Waals surface area contributed by atoms with Crippen LogP contribution in [-0.4, -0.2) is 70.0 Å². The number of carbonyl (C=O) groups is 1. The van der Waals surface area contributed by atoms with Gasteiger partial charge in [-0.2, -0.15) is 0 Å². The largest absolute Gasteiger partial charge is 0.493 e. The highest BCUT2D eigenvalue weighted by molar-refractivity contribution is 6.07. The van der Waals surface area contributed by atoms with Crippen LogP contribution in [0.3, 0.4) is 0 Å². The number of hydrogen-bond acceptors (Lipinski definition) is 6. The van der Waals surface area contributed by atoms with E-state index in [0.717, 1.165) is 18.5 Å². The number of hydrogen-bond donors (Lipinski definition) is 0. The fraction of sp³-hybridized carbons (Fsp3) is 0.385. The van der Waals surface area contributed by atoms with Crippen LogP contribution in [0.4, 0.5) is 5.69 Å². The standard InChI is InChI=1S/C26H31N3O5/c1-27(2)17-7-6-8-18(13-17)29-16-22(25(30)28-11-9-19(32-3)10-12-28)20-14-23(33-4)24(34-5)15-21(20)26(29)31/h6-8,13-16,19H,9-12H2,1-5H3. The first-order valence-electron chi connectivity index (χ1n) is 11.3. The van der Waals surface area contributed by atoms with Crippen molar-refractivity contribution in [1.29, 1.82) is 0 Å². The van der Waals surface area contributed by atoms with Gasteiger partial charge in [0.2, 0.25) is 0 Å². The first-order valence-corrected chi connectivity index (χ1v) is 11.3. The van der Waals surface area contributed by atoms with Crippen LogP contribution in [0.5, 0.6) is 11.5 Å². The van der Waals surface area contributed by atoms with Crippen molar-refractivity contribution in [2.75, 3.05) is 53.4 Å². The summed E-state index contributed by atoms with van der Waals surface area (Å²) in [5.41, 5.74) is 1.84. The van der Waals surface area contributed by atoms with Gasteiger partial charge in [-0.25, -0.2) is 0 Å². The molecule has 2 aromatic carbocycles. The van der Waals surface area contributed by atoms with Crippen molar-refractivity contribution in [1.82, 2.24) is 9.47 Å². The number of amides is 1. The van der Waals surface area contributed by atoms with E-state index in [2.05, 4.69) is 0 Å². The second kappa shape index (κ2) is 9.77. The zero-order chi connectivity index (χ0) is 24.4. The number of aromatic nitrogens is 1. The van der Waals surface area contributed by atoms with Gasteiger partial charge in [-0.15, -0.1) is 0 Å². The number of ether oxygens (including phenoxy) is 3. The molecule has 0 unspecified atom stereocenters. The van der Waals surface area contributed by atoms with E-state index in [0.29, 0.717) is 46.6 Å². The molecular weight excluding hydrogens is 434 g/mol. The Morgan fingerprint density at radius 2 is 1.62 bits per heavy atom. The number of rotatable bonds is 6. The Hall–Kier alpha value is -3.52. The molecule has 1 aromatic heterocycles. The lowest BCUT2D eigenvalue weighted by Crippen LogP contribution is -2.41. The van der Waals surface area contributed by atoms with E-state index in [1.807, 2.05) is 48.2 Å². The van der Waals surface area contributed by atoms with Crippen molar-refractivity contribution in [2.45, 2.75) is 18.9 Å². The number of carbonyl (C=O) groups excluding carboxylic acids is 1. The second-order valence-electron chi connectivity index (χ2n) is 8.61. The van der Waals surface area contributed by atoms with Crippen LogP contribution >= 0.6 is 0 Å². The third-order valence-corrected chi connectivity index (χ3v) is 6.44. The van der Waals surface area contributed by atoms with Crippen molar-refractivity contribution in [3.63, 3.8) is 0 Å². The Morgan fingerprint density at radius 1 is 0.971 bits per heavy atom. The molecule has 3 aromatic rings.